The van der Waals surface area contributed by atoms with E-state index in [0.717, 1.165) is 12.8 Å². The fraction of sp³-hybridized carbons (Fsp3) is 0.800. The van der Waals surface area contributed by atoms with Crippen molar-refractivity contribution in [1.29, 1.82) is 0 Å². The number of fused-ring (bicyclic) bond motifs is 1. The molecular formula is C25H42N2O8. The molecule has 2 saturated heterocycles. The van der Waals surface area contributed by atoms with Crippen molar-refractivity contribution in [3.63, 3.8) is 0 Å². The summed E-state index contributed by atoms with van der Waals surface area (Å²) in [5.74, 6) is 0.103. The van der Waals surface area contributed by atoms with Crippen molar-refractivity contribution in [2.45, 2.75) is 78.8 Å². The summed E-state index contributed by atoms with van der Waals surface area (Å²) in [6, 6.07) is 0. The zero-order valence-electron chi connectivity index (χ0n) is 21.9. The third kappa shape index (κ3) is 9.68. The first-order chi connectivity index (χ1) is 16.4. The number of esters is 1. The van der Waals surface area contributed by atoms with E-state index in [1.165, 1.54) is 0 Å². The number of rotatable bonds is 12. The lowest BCUT2D eigenvalue weighted by atomic mass is 9.82. The van der Waals surface area contributed by atoms with Crippen molar-refractivity contribution in [1.82, 2.24) is 10.6 Å². The Labute approximate surface area is 208 Å². The zero-order chi connectivity index (χ0) is 26.2. The third-order valence-electron chi connectivity index (χ3n) is 6.14. The van der Waals surface area contributed by atoms with Crippen LogP contribution >= 0.6 is 0 Å². The van der Waals surface area contributed by atoms with Gasteiger partial charge in [0.15, 0.2) is 6.10 Å². The highest BCUT2D eigenvalue weighted by Gasteiger charge is 2.47. The van der Waals surface area contributed by atoms with E-state index in [-0.39, 0.29) is 30.3 Å². The molecule has 2 fully saturated rings. The van der Waals surface area contributed by atoms with Gasteiger partial charge in [-0.1, -0.05) is 34.3 Å². The van der Waals surface area contributed by atoms with E-state index in [2.05, 4.69) is 44.9 Å². The number of hydrogen-bond donors (Lipinski definition) is 2. The third-order valence-corrected chi connectivity index (χ3v) is 6.14. The molecule has 2 unspecified atom stereocenters. The van der Waals surface area contributed by atoms with Gasteiger partial charge in [-0.25, -0.2) is 14.4 Å². The van der Waals surface area contributed by atoms with Crippen LogP contribution in [0.3, 0.4) is 0 Å². The Morgan fingerprint density at radius 2 is 1.77 bits per heavy atom. The van der Waals surface area contributed by atoms with Crippen LogP contribution in [0.2, 0.25) is 0 Å². The molecule has 0 radical (unpaired) electrons. The molecule has 0 aromatic heterocycles. The molecule has 0 bridgehead atoms. The number of amides is 2. The number of alkyl carbamates (subject to hydrolysis) is 2. The van der Waals surface area contributed by atoms with Gasteiger partial charge in [0.25, 0.3) is 0 Å². The topological polar surface area (TPSA) is 121 Å². The molecule has 0 spiro atoms. The summed E-state index contributed by atoms with van der Waals surface area (Å²) in [7, 11) is 0. The van der Waals surface area contributed by atoms with E-state index in [0.29, 0.717) is 43.7 Å². The summed E-state index contributed by atoms with van der Waals surface area (Å²) in [5, 5.41) is 5.59. The molecule has 2 aliphatic heterocycles. The molecule has 0 aliphatic carbocycles. The predicted octanol–water partition coefficient (Wildman–Crippen LogP) is 3.19. The van der Waals surface area contributed by atoms with Gasteiger partial charge in [-0.15, -0.1) is 0 Å². The highest BCUT2D eigenvalue weighted by molar-refractivity contribution is 5.86. The summed E-state index contributed by atoms with van der Waals surface area (Å²) >= 11 is 0. The van der Waals surface area contributed by atoms with Crippen LogP contribution in [0.5, 0.6) is 0 Å². The van der Waals surface area contributed by atoms with Crippen LogP contribution in [0.1, 0.15) is 54.4 Å². The van der Waals surface area contributed by atoms with E-state index < -0.39 is 24.3 Å². The first-order valence-electron chi connectivity index (χ1n) is 12.3. The Balaban J connectivity index is 1.59. The fourth-order valence-electron chi connectivity index (χ4n) is 4.36. The quantitative estimate of drug-likeness (QED) is 0.239. The first kappa shape index (κ1) is 28.9. The van der Waals surface area contributed by atoms with Crippen molar-refractivity contribution in [3.05, 3.63) is 12.2 Å². The monoisotopic (exact) mass is 498 g/mol. The number of carbonyl (C=O) groups excluding carboxylic acids is 3. The molecule has 2 heterocycles. The van der Waals surface area contributed by atoms with Crippen LogP contribution in [0.25, 0.3) is 0 Å². The molecule has 2 aliphatic rings. The van der Waals surface area contributed by atoms with E-state index in [1.807, 2.05) is 0 Å². The Hall–Kier alpha value is -2.33. The van der Waals surface area contributed by atoms with Gasteiger partial charge >= 0.3 is 18.2 Å². The van der Waals surface area contributed by atoms with Crippen LogP contribution in [0, 0.1) is 17.3 Å². The van der Waals surface area contributed by atoms with Crippen LogP contribution in [0.4, 0.5) is 9.59 Å². The maximum absolute atomic E-state index is 12.2. The van der Waals surface area contributed by atoms with Gasteiger partial charge in [-0.3, -0.25) is 0 Å². The average molecular weight is 499 g/mol. The van der Waals surface area contributed by atoms with E-state index in [4.69, 9.17) is 23.7 Å². The Morgan fingerprint density at radius 3 is 2.46 bits per heavy atom. The molecule has 0 aromatic rings. The molecule has 10 nitrogen and oxygen atoms in total. The van der Waals surface area contributed by atoms with Crippen LogP contribution in [-0.2, 0) is 28.5 Å². The van der Waals surface area contributed by atoms with Gasteiger partial charge in [0.2, 0.25) is 0 Å². The molecule has 10 heteroatoms. The lowest BCUT2D eigenvalue weighted by Gasteiger charge is -2.28. The Kier molecular flexibility index (Phi) is 10.8. The number of carbonyl (C=O) groups is 3. The maximum atomic E-state index is 12.2. The van der Waals surface area contributed by atoms with E-state index >= 15 is 0 Å². The van der Waals surface area contributed by atoms with E-state index in [1.54, 1.807) is 13.8 Å². The second-order valence-electron chi connectivity index (χ2n) is 10.7. The SMILES string of the molecule is C=C(C)C(=O)OCC(C)OC(=O)NCC(C)(C)CC(C)CCNC(=O)O[C@@H]1CO[C@H]2[C@@H]1OC[C@@H]2C. The summed E-state index contributed by atoms with van der Waals surface area (Å²) in [5.41, 5.74) is 0.112. The van der Waals surface area contributed by atoms with Gasteiger partial charge < -0.3 is 34.3 Å². The van der Waals surface area contributed by atoms with Crippen molar-refractivity contribution >= 4 is 18.2 Å². The van der Waals surface area contributed by atoms with Crippen molar-refractivity contribution < 1.29 is 38.1 Å². The van der Waals surface area contributed by atoms with Crippen molar-refractivity contribution in [2.24, 2.45) is 17.3 Å². The van der Waals surface area contributed by atoms with Gasteiger partial charge in [-0.05, 0) is 38.0 Å². The van der Waals surface area contributed by atoms with Crippen LogP contribution < -0.4 is 10.6 Å². The molecule has 0 saturated carbocycles. The second kappa shape index (κ2) is 13.1. The Bertz CT molecular complexity index is 756. The predicted molar refractivity (Wildman–Crippen MR) is 129 cm³/mol. The molecule has 2 rings (SSSR count). The smallest absolute Gasteiger partial charge is 0.407 e. The summed E-state index contributed by atoms with van der Waals surface area (Å²) in [4.78, 5) is 35.7. The van der Waals surface area contributed by atoms with E-state index in [9.17, 15) is 14.4 Å². The lowest BCUT2D eigenvalue weighted by Crippen LogP contribution is -2.38. The number of hydrogen-bond acceptors (Lipinski definition) is 8. The van der Waals surface area contributed by atoms with Gasteiger partial charge in [0.05, 0.1) is 19.3 Å². The molecule has 6 atom stereocenters. The van der Waals surface area contributed by atoms with Gasteiger partial charge in [0, 0.05) is 24.6 Å². The molecule has 0 aromatic carbocycles. The largest absolute Gasteiger partial charge is 0.458 e. The van der Waals surface area contributed by atoms with Crippen LogP contribution in [0.15, 0.2) is 12.2 Å². The highest BCUT2D eigenvalue weighted by atomic mass is 16.6. The number of ether oxygens (including phenoxy) is 5. The van der Waals surface area contributed by atoms with Crippen LogP contribution in [-0.4, -0.2) is 75.5 Å². The normalized spacial score (nSPS) is 25.2. The van der Waals surface area contributed by atoms with Crippen molar-refractivity contribution in [2.75, 3.05) is 32.9 Å². The fourth-order valence-corrected chi connectivity index (χ4v) is 4.36. The van der Waals surface area contributed by atoms with Gasteiger partial charge in [0.1, 0.15) is 18.8 Å². The highest BCUT2D eigenvalue weighted by Crippen LogP contribution is 2.32. The van der Waals surface area contributed by atoms with Crippen molar-refractivity contribution in [3.8, 4) is 0 Å². The number of nitrogens with one attached hydrogen (secondary N) is 2. The lowest BCUT2D eigenvalue weighted by molar-refractivity contribution is -0.141. The minimum absolute atomic E-state index is 0.00298. The molecule has 2 amide bonds. The minimum atomic E-state index is -0.573. The summed E-state index contributed by atoms with van der Waals surface area (Å²) < 4.78 is 27.1. The summed E-state index contributed by atoms with van der Waals surface area (Å²) in [6.07, 6.45) is -0.526. The molecule has 35 heavy (non-hydrogen) atoms. The maximum Gasteiger partial charge on any atom is 0.407 e. The van der Waals surface area contributed by atoms with Gasteiger partial charge in [-0.2, -0.15) is 0 Å². The molecule has 200 valence electrons. The summed E-state index contributed by atoms with van der Waals surface area (Å²) in [6.45, 7) is 16.9. The molecular weight excluding hydrogens is 456 g/mol. The first-order valence-corrected chi connectivity index (χ1v) is 12.3. The second-order valence-corrected chi connectivity index (χ2v) is 10.7. The molecule has 2 N–H and O–H groups in total. The zero-order valence-corrected chi connectivity index (χ0v) is 21.9. The average Bonchev–Trinajstić information content (AvgIpc) is 3.33. The standard InChI is InChI=1S/C25H42N2O8/c1-15(2)22(28)33-12-18(5)34-24(30)27-14-25(6,7)10-16(3)8-9-26-23(29)35-19-13-32-20-17(4)11-31-21(19)20/h16-21H,1,8-14H2,2-7H3,(H,26,29)(H,27,30)/t16?,17-,18?,19+,20+,21+/m0/s1. The minimum Gasteiger partial charge on any atom is -0.458 e. The Morgan fingerprint density at radius 1 is 1.09 bits per heavy atom.